The van der Waals surface area contributed by atoms with Gasteiger partial charge < -0.3 is 19.3 Å². The molecule has 1 aliphatic heterocycles. The maximum absolute atomic E-state index is 13.3. The summed E-state index contributed by atoms with van der Waals surface area (Å²) in [5, 5.41) is 11.3. The van der Waals surface area contributed by atoms with Crippen molar-refractivity contribution in [2.75, 3.05) is 13.4 Å². The van der Waals surface area contributed by atoms with E-state index in [-0.39, 0.29) is 25.5 Å². The third kappa shape index (κ3) is 3.95. The van der Waals surface area contributed by atoms with E-state index in [4.69, 9.17) is 14.2 Å². The quantitative estimate of drug-likeness (QED) is 0.631. The SMILES string of the molecule is Cc1nc2sc3c(c2c(=O)n1CC(O)COCc1ccc2c(c1)OCO2)CCC(C)C3. The number of aliphatic hydroxyl groups excluding tert-OH is 1. The zero-order chi connectivity index (χ0) is 21.5. The van der Waals surface area contributed by atoms with E-state index in [1.54, 1.807) is 15.9 Å². The molecule has 0 saturated heterocycles. The Morgan fingerprint density at radius 2 is 2.19 bits per heavy atom. The molecule has 0 spiro atoms. The summed E-state index contributed by atoms with van der Waals surface area (Å²) in [4.78, 5) is 20.1. The van der Waals surface area contributed by atoms with E-state index >= 15 is 0 Å². The molecule has 3 aromatic rings. The summed E-state index contributed by atoms with van der Waals surface area (Å²) in [5.74, 6) is 2.70. The van der Waals surface area contributed by atoms with Gasteiger partial charge in [0.1, 0.15) is 10.7 Å². The number of aryl methyl sites for hydroxylation is 2. The second-order valence-electron chi connectivity index (χ2n) is 8.46. The minimum Gasteiger partial charge on any atom is -0.454 e. The summed E-state index contributed by atoms with van der Waals surface area (Å²) >= 11 is 1.65. The molecule has 164 valence electrons. The van der Waals surface area contributed by atoms with Crippen molar-refractivity contribution >= 4 is 21.6 Å². The van der Waals surface area contributed by atoms with Crippen molar-refractivity contribution in [3.63, 3.8) is 0 Å². The zero-order valence-corrected chi connectivity index (χ0v) is 18.5. The number of rotatable bonds is 6. The highest BCUT2D eigenvalue weighted by Crippen LogP contribution is 2.36. The fraction of sp³-hybridized carbons (Fsp3) is 0.478. The predicted octanol–water partition coefficient (Wildman–Crippen LogP) is 3.20. The van der Waals surface area contributed by atoms with E-state index in [0.717, 1.165) is 46.4 Å². The van der Waals surface area contributed by atoms with E-state index in [1.807, 2.05) is 25.1 Å². The van der Waals surface area contributed by atoms with Crippen LogP contribution in [0.15, 0.2) is 23.0 Å². The molecule has 8 heteroatoms. The Bertz CT molecular complexity index is 1180. The molecule has 3 heterocycles. The van der Waals surface area contributed by atoms with Gasteiger partial charge in [-0.25, -0.2) is 4.98 Å². The number of benzene rings is 1. The van der Waals surface area contributed by atoms with Crippen LogP contribution in [0.25, 0.3) is 10.2 Å². The lowest BCUT2D eigenvalue weighted by Gasteiger charge is -2.18. The highest BCUT2D eigenvalue weighted by Gasteiger charge is 2.24. The maximum Gasteiger partial charge on any atom is 0.262 e. The summed E-state index contributed by atoms with van der Waals surface area (Å²) in [6.07, 6.45) is 2.24. The second-order valence-corrected chi connectivity index (χ2v) is 9.55. The molecule has 7 nitrogen and oxygen atoms in total. The van der Waals surface area contributed by atoms with Crippen LogP contribution >= 0.6 is 11.3 Å². The molecule has 31 heavy (non-hydrogen) atoms. The van der Waals surface area contributed by atoms with E-state index < -0.39 is 6.10 Å². The first-order valence-electron chi connectivity index (χ1n) is 10.7. The van der Waals surface area contributed by atoms with Gasteiger partial charge in [0.15, 0.2) is 11.5 Å². The summed E-state index contributed by atoms with van der Waals surface area (Å²) < 4.78 is 18.0. The normalized spacial score (nSPS) is 18.4. The molecule has 2 aliphatic rings. The van der Waals surface area contributed by atoms with E-state index in [0.29, 0.717) is 24.1 Å². The van der Waals surface area contributed by atoms with Crippen molar-refractivity contribution in [2.24, 2.45) is 5.92 Å². The minimum absolute atomic E-state index is 0.0515. The van der Waals surface area contributed by atoms with Gasteiger partial charge in [0.05, 0.1) is 31.2 Å². The molecule has 2 aromatic heterocycles. The first-order valence-corrected chi connectivity index (χ1v) is 11.5. The smallest absolute Gasteiger partial charge is 0.262 e. The predicted molar refractivity (Wildman–Crippen MR) is 118 cm³/mol. The van der Waals surface area contributed by atoms with Crippen LogP contribution in [0.3, 0.4) is 0 Å². The van der Waals surface area contributed by atoms with E-state index in [9.17, 15) is 9.90 Å². The van der Waals surface area contributed by atoms with Gasteiger partial charge >= 0.3 is 0 Å². The molecule has 0 amide bonds. The van der Waals surface area contributed by atoms with E-state index in [1.165, 1.54) is 4.88 Å². The van der Waals surface area contributed by atoms with Gasteiger partial charge in [0.2, 0.25) is 6.79 Å². The molecule has 5 rings (SSSR count). The molecule has 1 aromatic carbocycles. The number of aliphatic hydroxyl groups is 1. The number of aromatic nitrogens is 2. The fourth-order valence-corrected chi connectivity index (χ4v) is 5.77. The van der Waals surface area contributed by atoms with Crippen molar-refractivity contribution < 1.29 is 19.3 Å². The molecule has 0 fully saturated rings. The molecule has 2 unspecified atom stereocenters. The van der Waals surface area contributed by atoms with E-state index in [2.05, 4.69) is 11.9 Å². The summed E-state index contributed by atoms with van der Waals surface area (Å²) in [6, 6.07) is 5.64. The average molecular weight is 443 g/mol. The van der Waals surface area contributed by atoms with Gasteiger partial charge in [-0.1, -0.05) is 13.0 Å². The second kappa shape index (κ2) is 8.26. The van der Waals surface area contributed by atoms with Crippen LogP contribution in [-0.4, -0.2) is 34.2 Å². The Morgan fingerprint density at radius 3 is 3.06 bits per heavy atom. The first kappa shape index (κ1) is 20.5. The topological polar surface area (TPSA) is 82.8 Å². The van der Waals surface area contributed by atoms with Gasteiger partial charge in [0, 0.05) is 4.88 Å². The molecule has 1 N–H and O–H groups in total. The van der Waals surface area contributed by atoms with Crippen LogP contribution < -0.4 is 15.0 Å². The third-order valence-corrected chi connectivity index (χ3v) is 7.16. The van der Waals surface area contributed by atoms with Gasteiger partial charge in [-0.2, -0.15) is 0 Å². The fourth-order valence-electron chi connectivity index (χ4n) is 4.35. The molecule has 0 saturated carbocycles. The number of thiophene rings is 1. The molecule has 2 atom stereocenters. The largest absolute Gasteiger partial charge is 0.454 e. The van der Waals surface area contributed by atoms with Crippen LogP contribution in [-0.2, 0) is 30.7 Å². The van der Waals surface area contributed by atoms with Crippen LogP contribution in [0.4, 0.5) is 0 Å². The number of hydrogen-bond donors (Lipinski definition) is 1. The number of nitrogens with zero attached hydrogens (tertiary/aromatic N) is 2. The van der Waals surface area contributed by atoms with Crippen molar-refractivity contribution in [1.82, 2.24) is 9.55 Å². The van der Waals surface area contributed by atoms with Gasteiger partial charge in [-0.15, -0.1) is 11.3 Å². The Labute approximate surface area is 184 Å². The lowest BCUT2D eigenvalue weighted by atomic mass is 9.89. The standard InChI is InChI=1S/C23H26N2O5S/c1-13-3-5-17-20(7-13)31-22-21(17)23(27)25(14(2)24-22)9-16(26)11-28-10-15-4-6-18-19(8-15)30-12-29-18/h4,6,8,13,16,26H,3,5,7,9-12H2,1-2H3. The molecule has 1 aliphatic carbocycles. The van der Waals surface area contributed by atoms with Gasteiger partial charge in [-0.3, -0.25) is 9.36 Å². The highest BCUT2D eigenvalue weighted by molar-refractivity contribution is 7.18. The zero-order valence-electron chi connectivity index (χ0n) is 17.7. The first-order chi connectivity index (χ1) is 15.0. The van der Waals surface area contributed by atoms with Crippen molar-refractivity contribution in [2.45, 2.75) is 52.4 Å². The summed E-state index contributed by atoms with van der Waals surface area (Å²) in [5.41, 5.74) is 2.05. The average Bonchev–Trinajstić information content (AvgIpc) is 3.34. The summed E-state index contributed by atoms with van der Waals surface area (Å²) in [7, 11) is 0. The Morgan fingerprint density at radius 1 is 1.35 bits per heavy atom. The Kier molecular flexibility index (Phi) is 5.45. The lowest BCUT2D eigenvalue weighted by Crippen LogP contribution is -2.31. The third-order valence-electron chi connectivity index (χ3n) is 6.02. The number of fused-ring (bicyclic) bond motifs is 4. The van der Waals surface area contributed by atoms with Gasteiger partial charge in [0.25, 0.3) is 5.56 Å². The highest BCUT2D eigenvalue weighted by atomic mass is 32.1. The molecule has 0 bridgehead atoms. The van der Waals surface area contributed by atoms with Crippen LogP contribution in [0.1, 0.15) is 35.2 Å². The van der Waals surface area contributed by atoms with Crippen molar-refractivity contribution in [1.29, 1.82) is 0 Å². The van der Waals surface area contributed by atoms with Crippen molar-refractivity contribution in [3.05, 3.63) is 50.4 Å². The number of ether oxygens (including phenoxy) is 3. The molecular weight excluding hydrogens is 416 g/mol. The lowest BCUT2D eigenvalue weighted by molar-refractivity contribution is 0.0195. The monoisotopic (exact) mass is 442 g/mol. The van der Waals surface area contributed by atoms with Gasteiger partial charge in [-0.05, 0) is 55.4 Å². The van der Waals surface area contributed by atoms with Crippen LogP contribution in [0.5, 0.6) is 11.5 Å². The van der Waals surface area contributed by atoms with Crippen LogP contribution in [0, 0.1) is 12.8 Å². The van der Waals surface area contributed by atoms with Crippen molar-refractivity contribution in [3.8, 4) is 11.5 Å². The minimum atomic E-state index is -0.806. The number of hydrogen-bond acceptors (Lipinski definition) is 7. The Balaban J connectivity index is 1.28. The molecular formula is C23H26N2O5S. The maximum atomic E-state index is 13.3. The Hall–Kier alpha value is -2.42. The van der Waals surface area contributed by atoms with Crippen LogP contribution in [0.2, 0.25) is 0 Å². The summed E-state index contributed by atoms with van der Waals surface area (Å²) in [6.45, 7) is 4.94. The molecule has 0 radical (unpaired) electrons.